The van der Waals surface area contributed by atoms with Gasteiger partial charge in [0, 0.05) is 11.6 Å². The van der Waals surface area contributed by atoms with Crippen LogP contribution in [-0.2, 0) is 12.8 Å². The predicted molar refractivity (Wildman–Crippen MR) is 101 cm³/mol. The molecule has 2 aromatic rings. The minimum Gasteiger partial charge on any atom is -0.496 e. The largest absolute Gasteiger partial charge is 0.496 e. The van der Waals surface area contributed by atoms with Gasteiger partial charge in [0.15, 0.2) is 0 Å². The molecule has 0 aliphatic heterocycles. The Morgan fingerprint density at radius 3 is 2.62 bits per heavy atom. The summed E-state index contributed by atoms with van der Waals surface area (Å²) in [4.78, 5) is 4.44. The van der Waals surface area contributed by atoms with Crippen molar-refractivity contribution in [2.45, 2.75) is 46.1 Å². The van der Waals surface area contributed by atoms with Crippen molar-refractivity contribution in [3.63, 3.8) is 0 Å². The first-order valence-corrected chi connectivity index (χ1v) is 8.75. The monoisotopic (exact) mass is 327 g/mol. The normalized spacial score (nSPS) is 12.2. The van der Waals surface area contributed by atoms with Crippen LogP contribution < -0.4 is 15.8 Å². The molecule has 0 fully saturated rings. The van der Waals surface area contributed by atoms with Gasteiger partial charge in [-0.25, -0.2) is 4.98 Å². The second-order valence-corrected chi connectivity index (χ2v) is 6.14. The number of nitrogen functional groups attached to an aromatic ring is 1. The standard InChI is InChI=1S/C20H29N3O/c1-5-14(3)22-11-10-16-13-19(24-4)17(12-15(16)6-2)18-8-7-9-20(21)23-18/h7-9,12-14,22H,5-6,10-11H2,1-4H3,(H2,21,23). The van der Waals surface area contributed by atoms with Crippen LogP contribution in [0.5, 0.6) is 5.75 Å². The summed E-state index contributed by atoms with van der Waals surface area (Å²) < 4.78 is 5.63. The van der Waals surface area contributed by atoms with Gasteiger partial charge in [-0.2, -0.15) is 0 Å². The van der Waals surface area contributed by atoms with E-state index in [1.807, 2.05) is 12.1 Å². The van der Waals surface area contributed by atoms with E-state index >= 15 is 0 Å². The molecule has 3 N–H and O–H groups in total. The summed E-state index contributed by atoms with van der Waals surface area (Å²) in [5.74, 6) is 1.37. The molecule has 1 aromatic heterocycles. The van der Waals surface area contributed by atoms with Gasteiger partial charge in [0.1, 0.15) is 11.6 Å². The van der Waals surface area contributed by atoms with Crippen LogP contribution in [0.15, 0.2) is 30.3 Å². The zero-order valence-electron chi connectivity index (χ0n) is 15.2. The predicted octanol–water partition coefficient (Wildman–Crippen LogP) is 3.83. The summed E-state index contributed by atoms with van der Waals surface area (Å²) >= 11 is 0. The molecule has 0 spiro atoms. The summed E-state index contributed by atoms with van der Waals surface area (Å²) in [7, 11) is 1.71. The zero-order valence-corrected chi connectivity index (χ0v) is 15.2. The van der Waals surface area contributed by atoms with Gasteiger partial charge in [-0.1, -0.05) is 19.9 Å². The highest BCUT2D eigenvalue weighted by molar-refractivity contribution is 5.70. The minimum absolute atomic E-state index is 0.523. The molecular weight excluding hydrogens is 298 g/mol. The quantitative estimate of drug-likeness (QED) is 0.773. The number of aromatic nitrogens is 1. The molecule has 0 saturated heterocycles. The van der Waals surface area contributed by atoms with Crippen molar-refractivity contribution in [1.82, 2.24) is 10.3 Å². The molecule has 0 amide bonds. The Hall–Kier alpha value is -2.07. The first-order chi connectivity index (χ1) is 11.6. The second-order valence-electron chi connectivity index (χ2n) is 6.14. The fourth-order valence-corrected chi connectivity index (χ4v) is 2.80. The average molecular weight is 327 g/mol. The van der Waals surface area contributed by atoms with E-state index in [9.17, 15) is 0 Å². The lowest BCUT2D eigenvalue weighted by Crippen LogP contribution is -2.27. The molecule has 1 aromatic carbocycles. The number of pyridine rings is 1. The van der Waals surface area contributed by atoms with Crippen LogP contribution in [-0.4, -0.2) is 24.7 Å². The van der Waals surface area contributed by atoms with Crippen LogP contribution in [0, 0.1) is 0 Å². The molecule has 24 heavy (non-hydrogen) atoms. The number of anilines is 1. The Bertz CT molecular complexity index is 670. The van der Waals surface area contributed by atoms with Crippen molar-refractivity contribution in [2.24, 2.45) is 0 Å². The number of benzene rings is 1. The molecule has 2 rings (SSSR count). The van der Waals surface area contributed by atoms with E-state index in [0.29, 0.717) is 11.9 Å². The number of rotatable bonds is 8. The first kappa shape index (κ1) is 18.3. The molecule has 0 saturated carbocycles. The van der Waals surface area contributed by atoms with Gasteiger partial charge in [0.05, 0.1) is 12.8 Å². The van der Waals surface area contributed by atoms with E-state index in [1.54, 1.807) is 13.2 Å². The van der Waals surface area contributed by atoms with Crippen molar-refractivity contribution in [3.05, 3.63) is 41.5 Å². The Morgan fingerprint density at radius 2 is 2.00 bits per heavy atom. The average Bonchev–Trinajstić information content (AvgIpc) is 2.60. The lowest BCUT2D eigenvalue weighted by atomic mass is 9.96. The third-order valence-electron chi connectivity index (χ3n) is 4.45. The van der Waals surface area contributed by atoms with Gasteiger partial charge in [-0.15, -0.1) is 0 Å². The Morgan fingerprint density at radius 1 is 1.21 bits per heavy atom. The maximum atomic E-state index is 5.83. The summed E-state index contributed by atoms with van der Waals surface area (Å²) in [6, 6.07) is 10.6. The number of hydrogen-bond donors (Lipinski definition) is 2. The van der Waals surface area contributed by atoms with E-state index in [2.05, 4.69) is 43.2 Å². The molecule has 4 nitrogen and oxygen atoms in total. The van der Waals surface area contributed by atoms with Crippen LogP contribution in [0.4, 0.5) is 5.82 Å². The lowest BCUT2D eigenvalue weighted by molar-refractivity contribution is 0.415. The third kappa shape index (κ3) is 4.48. The lowest BCUT2D eigenvalue weighted by Gasteiger charge is -2.16. The van der Waals surface area contributed by atoms with Crippen molar-refractivity contribution >= 4 is 5.82 Å². The van der Waals surface area contributed by atoms with E-state index in [-0.39, 0.29) is 0 Å². The van der Waals surface area contributed by atoms with Crippen LogP contribution in [0.3, 0.4) is 0 Å². The Balaban J connectivity index is 2.31. The van der Waals surface area contributed by atoms with Crippen LogP contribution in [0.25, 0.3) is 11.3 Å². The summed E-state index contributed by atoms with van der Waals surface area (Å²) in [5, 5.41) is 3.55. The van der Waals surface area contributed by atoms with Gasteiger partial charge in [-0.3, -0.25) is 0 Å². The number of nitrogens with zero attached hydrogens (tertiary/aromatic N) is 1. The molecule has 1 atom stereocenters. The summed E-state index contributed by atoms with van der Waals surface area (Å²) in [5.41, 5.74) is 10.4. The number of ether oxygens (including phenoxy) is 1. The van der Waals surface area contributed by atoms with Crippen LogP contribution in [0.2, 0.25) is 0 Å². The number of aryl methyl sites for hydroxylation is 1. The summed E-state index contributed by atoms with van der Waals surface area (Å²) in [6.07, 6.45) is 3.12. The van der Waals surface area contributed by atoms with Crippen molar-refractivity contribution in [3.8, 4) is 17.0 Å². The van der Waals surface area contributed by atoms with Crippen LogP contribution >= 0.6 is 0 Å². The fraction of sp³-hybridized carbons (Fsp3) is 0.450. The molecule has 1 unspecified atom stereocenters. The molecule has 0 bridgehead atoms. The van der Waals surface area contributed by atoms with Gasteiger partial charge >= 0.3 is 0 Å². The number of nitrogens with one attached hydrogen (secondary N) is 1. The Kier molecular flexibility index (Phi) is 6.62. The second kappa shape index (κ2) is 8.69. The first-order valence-electron chi connectivity index (χ1n) is 8.75. The smallest absolute Gasteiger partial charge is 0.128 e. The number of hydrogen-bond acceptors (Lipinski definition) is 4. The molecule has 130 valence electrons. The van der Waals surface area contributed by atoms with Gasteiger partial charge in [0.2, 0.25) is 0 Å². The van der Waals surface area contributed by atoms with E-state index in [1.165, 1.54) is 11.1 Å². The fourth-order valence-electron chi connectivity index (χ4n) is 2.80. The van der Waals surface area contributed by atoms with E-state index in [0.717, 1.165) is 42.8 Å². The highest BCUT2D eigenvalue weighted by Gasteiger charge is 2.13. The maximum Gasteiger partial charge on any atom is 0.128 e. The van der Waals surface area contributed by atoms with Gasteiger partial charge < -0.3 is 15.8 Å². The molecular formula is C20H29N3O. The highest BCUT2D eigenvalue weighted by atomic mass is 16.5. The zero-order chi connectivity index (χ0) is 17.5. The number of methoxy groups -OCH3 is 1. The number of nitrogens with two attached hydrogens (primary N) is 1. The van der Waals surface area contributed by atoms with Crippen molar-refractivity contribution in [2.75, 3.05) is 19.4 Å². The van der Waals surface area contributed by atoms with Crippen LogP contribution in [0.1, 0.15) is 38.3 Å². The topological polar surface area (TPSA) is 60.2 Å². The molecule has 1 heterocycles. The Labute approximate surface area is 145 Å². The van der Waals surface area contributed by atoms with Gasteiger partial charge in [-0.05, 0) is 68.1 Å². The molecule has 0 radical (unpaired) electrons. The SMILES string of the molecule is CCc1cc(-c2cccc(N)n2)c(OC)cc1CCNC(C)CC. The van der Waals surface area contributed by atoms with Crippen molar-refractivity contribution in [1.29, 1.82) is 0 Å². The highest BCUT2D eigenvalue weighted by Crippen LogP contribution is 2.32. The maximum absolute atomic E-state index is 5.83. The van der Waals surface area contributed by atoms with E-state index < -0.39 is 0 Å². The van der Waals surface area contributed by atoms with Crippen molar-refractivity contribution < 1.29 is 4.74 Å². The third-order valence-corrected chi connectivity index (χ3v) is 4.45. The summed E-state index contributed by atoms with van der Waals surface area (Å²) in [6.45, 7) is 7.58. The molecule has 4 heteroatoms. The molecule has 0 aliphatic carbocycles. The minimum atomic E-state index is 0.523. The van der Waals surface area contributed by atoms with E-state index in [4.69, 9.17) is 10.5 Å². The van der Waals surface area contributed by atoms with Gasteiger partial charge in [0.25, 0.3) is 0 Å². The molecule has 0 aliphatic rings.